The van der Waals surface area contributed by atoms with Crippen LogP contribution in [0.1, 0.15) is 52.4 Å². The van der Waals surface area contributed by atoms with Gasteiger partial charge in [-0.3, -0.25) is 0 Å². The first-order chi connectivity index (χ1) is 8.20. The zero-order valence-corrected chi connectivity index (χ0v) is 11.9. The average Bonchev–Trinajstić information content (AvgIpc) is 2.19. The third kappa shape index (κ3) is 3.45. The van der Waals surface area contributed by atoms with Crippen molar-refractivity contribution in [1.29, 1.82) is 0 Å². The highest BCUT2D eigenvalue weighted by Crippen LogP contribution is 2.31. The van der Waals surface area contributed by atoms with Gasteiger partial charge in [-0.2, -0.15) is 0 Å². The molecule has 2 nitrogen and oxygen atoms in total. The van der Waals surface area contributed by atoms with Crippen molar-refractivity contribution in [3.63, 3.8) is 0 Å². The zero-order chi connectivity index (χ0) is 12.3. The molecule has 2 saturated carbocycles. The molecule has 2 rings (SSSR count). The molecule has 17 heavy (non-hydrogen) atoms. The Morgan fingerprint density at radius 1 is 1.18 bits per heavy atom. The van der Waals surface area contributed by atoms with E-state index in [0.717, 1.165) is 30.5 Å². The quantitative estimate of drug-likeness (QED) is 0.792. The summed E-state index contributed by atoms with van der Waals surface area (Å²) in [5.41, 5.74) is 0. The zero-order valence-electron chi connectivity index (χ0n) is 11.9. The van der Waals surface area contributed by atoms with Gasteiger partial charge in [-0.15, -0.1) is 0 Å². The van der Waals surface area contributed by atoms with E-state index in [1.165, 1.54) is 45.1 Å². The van der Waals surface area contributed by atoms with Crippen LogP contribution in [0.15, 0.2) is 0 Å². The van der Waals surface area contributed by atoms with E-state index in [-0.39, 0.29) is 0 Å². The fourth-order valence-electron chi connectivity index (χ4n) is 3.58. The van der Waals surface area contributed by atoms with Crippen molar-refractivity contribution in [1.82, 2.24) is 10.2 Å². The predicted octanol–water partition coefficient (Wildman–Crippen LogP) is 2.89. The molecule has 0 amide bonds. The van der Waals surface area contributed by atoms with E-state index in [4.69, 9.17) is 0 Å². The van der Waals surface area contributed by atoms with Crippen molar-refractivity contribution in [3.05, 3.63) is 0 Å². The van der Waals surface area contributed by atoms with E-state index in [0.29, 0.717) is 0 Å². The highest BCUT2D eigenvalue weighted by Gasteiger charge is 2.31. The summed E-state index contributed by atoms with van der Waals surface area (Å²) >= 11 is 0. The molecule has 0 spiro atoms. The third-order valence-electron chi connectivity index (χ3n) is 4.93. The topological polar surface area (TPSA) is 15.3 Å². The minimum atomic E-state index is 0.777. The first kappa shape index (κ1) is 13.4. The molecule has 0 bridgehead atoms. The van der Waals surface area contributed by atoms with Gasteiger partial charge < -0.3 is 10.2 Å². The first-order valence-corrected chi connectivity index (χ1v) is 7.64. The Hall–Kier alpha value is -0.0800. The average molecular weight is 238 g/mol. The van der Waals surface area contributed by atoms with Gasteiger partial charge in [0.15, 0.2) is 0 Å². The fourth-order valence-corrected chi connectivity index (χ4v) is 3.58. The number of hydrogen-bond acceptors (Lipinski definition) is 2. The summed E-state index contributed by atoms with van der Waals surface area (Å²) < 4.78 is 0. The maximum Gasteiger partial charge on any atom is 0.0108 e. The molecule has 100 valence electrons. The van der Waals surface area contributed by atoms with Gasteiger partial charge in [-0.05, 0) is 57.5 Å². The summed E-state index contributed by atoms with van der Waals surface area (Å²) in [6.07, 6.45) is 8.55. The Bertz CT molecular complexity index is 225. The lowest BCUT2D eigenvalue weighted by Gasteiger charge is -2.41. The summed E-state index contributed by atoms with van der Waals surface area (Å²) in [5, 5.41) is 3.71. The Morgan fingerprint density at radius 3 is 2.53 bits per heavy atom. The molecule has 3 atom stereocenters. The van der Waals surface area contributed by atoms with Crippen LogP contribution in [0.5, 0.6) is 0 Å². The summed E-state index contributed by atoms with van der Waals surface area (Å²) in [7, 11) is 2.34. The van der Waals surface area contributed by atoms with Gasteiger partial charge in [0.25, 0.3) is 0 Å². The molecule has 2 aliphatic rings. The first-order valence-electron chi connectivity index (χ1n) is 7.64. The van der Waals surface area contributed by atoms with Gasteiger partial charge in [-0.1, -0.05) is 20.3 Å². The number of nitrogens with zero attached hydrogens (tertiary/aromatic N) is 1. The number of nitrogens with one attached hydrogen (secondary N) is 1. The van der Waals surface area contributed by atoms with Gasteiger partial charge in [0, 0.05) is 18.6 Å². The van der Waals surface area contributed by atoms with Crippen LogP contribution in [0.2, 0.25) is 0 Å². The summed E-state index contributed by atoms with van der Waals surface area (Å²) in [6.45, 7) is 7.11. The second-order valence-corrected chi connectivity index (χ2v) is 6.37. The molecule has 2 aliphatic carbocycles. The molecular weight excluding hydrogens is 208 g/mol. The lowest BCUT2D eigenvalue weighted by atomic mass is 9.78. The molecule has 0 aromatic carbocycles. The van der Waals surface area contributed by atoms with Crippen LogP contribution in [0.25, 0.3) is 0 Å². The van der Waals surface area contributed by atoms with Gasteiger partial charge in [0.1, 0.15) is 0 Å². The Balaban J connectivity index is 1.84. The normalized spacial score (nSPS) is 34.9. The molecule has 0 saturated heterocycles. The van der Waals surface area contributed by atoms with Crippen LogP contribution in [-0.2, 0) is 0 Å². The van der Waals surface area contributed by atoms with Gasteiger partial charge in [0.05, 0.1) is 0 Å². The predicted molar refractivity (Wildman–Crippen MR) is 74.2 cm³/mol. The maximum atomic E-state index is 3.71. The molecule has 0 aromatic heterocycles. The summed E-state index contributed by atoms with van der Waals surface area (Å²) in [5.74, 6) is 1.81. The van der Waals surface area contributed by atoms with Crippen molar-refractivity contribution >= 4 is 0 Å². The second-order valence-electron chi connectivity index (χ2n) is 6.37. The van der Waals surface area contributed by atoms with Crippen molar-refractivity contribution in [3.8, 4) is 0 Å². The monoisotopic (exact) mass is 238 g/mol. The molecule has 0 heterocycles. The van der Waals surface area contributed by atoms with E-state index in [9.17, 15) is 0 Å². The van der Waals surface area contributed by atoms with Crippen LogP contribution >= 0.6 is 0 Å². The molecule has 1 N–H and O–H groups in total. The van der Waals surface area contributed by atoms with E-state index in [1.54, 1.807) is 0 Å². The lowest BCUT2D eigenvalue weighted by Crippen LogP contribution is -2.48. The molecule has 3 unspecified atom stereocenters. The number of rotatable bonds is 5. The van der Waals surface area contributed by atoms with Crippen molar-refractivity contribution in [2.24, 2.45) is 11.8 Å². The van der Waals surface area contributed by atoms with Crippen molar-refractivity contribution < 1.29 is 0 Å². The molecule has 0 radical (unpaired) electrons. The lowest BCUT2D eigenvalue weighted by molar-refractivity contribution is 0.100. The Kier molecular flexibility index (Phi) is 4.87. The van der Waals surface area contributed by atoms with E-state index < -0.39 is 0 Å². The highest BCUT2D eigenvalue weighted by molar-refractivity contribution is 4.87. The van der Waals surface area contributed by atoms with Gasteiger partial charge in [0.2, 0.25) is 0 Å². The molecule has 0 aromatic rings. The van der Waals surface area contributed by atoms with E-state index >= 15 is 0 Å². The minimum Gasteiger partial charge on any atom is -0.314 e. The SMILES string of the molecule is CCNC1CCC(C)CC1CN(C)C1CCC1. The summed E-state index contributed by atoms with van der Waals surface area (Å²) in [6, 6.07) is 1.67. The third-order valence-corrected chi connectivity index (χ3v) is 4.93. The molecular formula is C15H30N2. The van der Waals surface area contributed by atoms with Crippen molar-refractivity contribution in [2.75, 3.05) is 20.1 Å². The highest BCUT2D eigenvalue weighted by atomic mass is 15.1. The van der Waals surface area contributed by atoms with Crippen LogP contribution in [0, 0.1) is 11.8 Å². The van der Waals surface area contributed by atoms with Gasteiger partial charge in [-0.25, -0.2) is 0 Å². The van der Waals surface area contributed by atoms with Crippen LogP contribution in [0.3, 0.4) is 0 Å². The Labute approximate surface area is 107 Å². The molecule has 2 heteroatoms. The smallest absolute Gasteiger partial charge is 0.0108 e. The van der Waals surface area contributed by atoms with E-state index in [2.05, 4.69) is 31.1 Å². The maximum absolute atomic E-state index is 3.71. The van der Waals surface area contributed by atoms with Crippen LogP contribution in [-0.4, -0.2) is 37.1 Å². The minimum absolute atomic E-state index is 0.777. The molecule has 2 fully saturated rings. The van der Waals surface area contributed by atoms with E-state index in [1.807, 2.05) is 0 Å². The molecule has 0 aliphatic heterocycles. The Morgan fingerprint density at radius 2 is 1.94 bits per heavy atom. The van der Waals surface area contributed by atoms with Crippen LogP contribution < -0.4 is 5.32 Å². The van der Waals surface area contributed by atoms with Crippen LogP contribution in [0.4, 0.5) is 0 Å². The fraction of sp³-hybridized carbons (Fsp3) is 1.00. The van der Waals surface area contributed by atoms with Crippen molar-refractivity contribution in [2.45, 2.75) is 64.5 Å². The van der Waals surface area contributed by atoms with Gasteiger partial charge >= 0.3 is 0 Å². The standard InChI is InChI=1S/C15H30N2/c1-4-16-15-9-8-12(2)10-13(15)11-17(3)14-6-5-7-14/h12-16H,4-11H2,1-3H3. The number of hydrogen-bond donors (Lipinski definition) is 1. The largest absolute Gasteiger partial charge is 0.314 e. The summed E-state index contributed by atoms with van der Waals surface area (Å²) in [4.78, 5) is 2.64. The second kappa shape index (κ2) is 6.19.